The molecule has 1 aliphatic carbocycles. The van der Waals surface area contributed by atoms with Crippen LogP contribution in [0.25, 0.3) is 11.7 Å². The van der Waals surface area contributed by atoms with Gasteiger partial charge in [-0.25, -0.2) is 14.7 Å². The number of H-pyrrole nitrogens is 1. The molecule has 0 aromatic carbocycles. The van der Waals surface area contributed by atoms with Crippen LogP contribution in [0.1, 0.15) is 42.6 Å². The van der Waals surface area contributed by atoms with Crippen LogP contribution in [-0.4, -0.2) is 77.0 Å². The van der Waals surface area contributed by atoms with Crippen molar-refractivity contribution < 1.29 is 33.5 Å². The van der Waals surface area contributed by atoms with Gasteiger partial charge in [0.05, 0.1) is 26.9 Å². The molecular formula is C23H31N6O7+. The van der Waals surface area contributed by atoms with Crippen molar-refractivity contribution in [2.45, 2.75) is 39.3 Å². The Morgan fingerprint density at radius 3 is 2.58 bits per heavy atom. The Bertz CT molecular complexity index is 1270. The number of aromatic hydroxyl groups is 1. The van der Waals surface area contributed by atoms with Gasteiger partial charge in [0.25, 0.3) is 5.91 Å². The average Bonchev–Trinajstić information content (AvgIpc) is 3.59. The van der Waals surface area contributed by atoms with Gasteiger partial charge in [-0.3, -0.25) is 14.9 Å². The highest BCUT2D eigenvalue weighted by molar-refractivity contribution is 5.97. The molecule has 3 heterocycles. The lowest BCUT2D eigenvalue weighted by Gasteiger charge is -2.25. The smallest absolute Gasteiger partial charge is 0.412 e. The molecule has 0 bridgehead atoms. The summed E-state index contributed by atoms with van der Waals surface area (Å²) in [5.41, 5.74) is -0.783. The highest BCUT2D eigenvalue weighted by atomic mass is 16.5. The molecule has 1 saturated carbocycles. The van der Waals surface area contributed by atoms with E-state index in [-0.39, 0.29) is 41.4 Å². The number of fused-ring (bicyclic) bond motifs is 1. The Morgan fingerprint density at radius 2 is 1.97 bits per heavy atom. The highest BCUT2D eigenvalue weighted by Gasteiger charge is 2.35. The number of nitrogens with one attached hydrogen (secondary N) is 3. The summed E-state index contributed by atoms with van der Waals surface area (Å²) in [5, 5.41) is 19.1. The van der Waals surface area contributed by atoms with E-state index in [0.29, 0.717) is 26.3 Å². The zero-order valence-corrected chi connectivity index (χ0v) is 20.5. The molecule has 13 nitrogen and oxygen atoms in total. The number of hydrogen-bond donors (Lipinski definition) is 4. The summed E-state index contributed by atoms with van der Waals surface area (Å²) in [6, 6.07) is -0.0274. The van der Waals surface area contributed by atoms with Gasteiger partial charge in [0.15, 0.2) is 5.82 Å². The number of anilines is 1. The molecule has 4 N–H and O–H groups in total. The normalized spacial score (nSPS) is 16.1. The Morgan fingerprint density at radius 1 is 1.28 bits per heavy atom. The van der Waals surface area contributed by atoms with Crippen LogP contribution in [0.5, 0.6) is 5.88 Å². The molecule has 3 amide bonds. The number of aromatic nitrogens is 3. The Hall–Kier alpha value is -3.87. The minimum absolute atomic E-state index is 0.0141. The van der Waals surface area contributed by atoms with E-state index in [4.69, 9.17) is 9.47 Å². The van der Waals surface area contributed by atoms with Crippen molar-refractivity contribution >= 4 is 35.4 Å². The molecule has 0 radical (unpaired) electrons. The second-order valence-electron chi connectivity index (χ2n) is 9.20. The number of methoxy groups -OCH3 is 1. The van der Waals surface area contributed by atoms with E-state index in [1.165, 1.54) is 23.8 Å². The van der Waals surface area contributed by atoms with Crippen molar-refractivity contribution in [2.75, 3.05) is 38.7 Å². The molecule has 36 heavy (non-hydrogen) atoms. The van der Waals surface area contributed by atoms with Crippen molar-refractivity contribution in [3.05, 3.63) is 27.6 Å². The second kappa shape index (κ2) is 10.4. The van der Waals surface area contributed by atoms with Gasteiger partial charge in [0, 0.05) is 25.2 Å². The maximum atomic E-state index is 13.4. The molecule has 1 saturated heterocycles. The minimum Gasteiger partial charge on any atom is -0.477 e. The number of amides is 3. The minimum atomic E-state index is -0.810. The number of rotatable bonds is 7. The van der Waals surface area contributed by atoms with Crippen LogP contribution >= 0.6 is 0 Å². The van der Waals surface area contributed by atoms with Gasteiger partial charge in [-0.15, -0.1) is 0 Å². The van der Waals surface area contributed by atoms with E-state index in [1.54, 1.807) is 4.90 Å². The van der Waals surface area contributed by atoms with Crippen molar-refractivity contribution in [3.63, 3.8) is 0 Å². The monoisotopic (exact) mass is 503 g/mol. The molecule has 194 valence electrons. The number of hydrogen-bond acceptors (Lipinski definition) is 7. The molecule has 2 aromatic heterocycles. The fourth-order valence-electron chi connectivity index (χ4n) is 3.99. The Labute approximate surface area is 206 Å². The van der Waals surface area contributed by atoms with Crippen LogP contribution in [0, 0.1) is 5.92 Å². The fraction of sp³-hybridized carbons (Fsp3) is 0.522. The molecule has 4 rings (SSSR count). The lowest BCUT2D eigenvalue weighted by Crippen LogP contribution is -2.46. The van der Waals surface area contributed by atoms with E-state index in [2.05, 4.69) is 15.7 Å². The van der Waals surface area contributed by atoms with Gasteiger partial charge < -0.3 is 24.8 Å². The van der Waals surface area contributed by atoms with E-state index in [0.717, 1.165) is 17.4 Å². The maximum Gasteiger partial charge on any atom is 0.412 e. The van der Waals surface area contributed by atoms with Gasteiger partial charge >= 0.3 is 23.2 Å². The summed E-state index contributed by atoms with van der Waals surface area (Å²) in [6.45, 7) is 5.82. The van der Waals surface area contributed by atoms with Gasteiger partial charge in [-0.1, -0.05) is 18.4 Å². The third-order valence-corrected chi connectivity index (χ3v) is 5.91. The number of ether oxygens (including phenoxy) is 2. The summed E-state index contributed by atoms with van der Waals surface area (Å²) in [4.78, 5) is 52.6. The largest absolute Gasteiger partial charge is 0.477 e. The molecule has 2 fully saturated rings. The number of carbonyl (C=O) groups excluding carboxylic acids is 3. The van der Waals surface area contributed by atoms with Crippen molar-refractivity contribution in [3.8, 4) is 5.88 Å². The average molecular weight is 504 g/mol. The number of morpholine rings is 1. The zero-order chi connectivity index (χ0) is 26.0. The SMILES string of the molecule is COC(=O)Nc1[nH]n2c(=O)c(C(=O)NC3CC3)c(O)[n+](CC(C)C)c2c1/C=C/C(=O)N1CCOCC1. The first-order chi connectivity index (χ1) is 17.2. The molecule has 0 unspecified atom stereocenters. The van der Waals surface area contributed by atoms with E-state index in [9.17, 15) is 24.3 Å². The summed E-state index contributed by atoms with van der Waals surface area (Å²) in [5.74, 6) is -1.38. The Kier molecular flexibility index (Phi) is 7.29. The number of carbonyl (C=O) groups is 3. The fourth-order valence-corrected chi connectivity index (χ4v) is 3.99. The van der Waals surface area contributed by atoms with Crippen LogP contribution in [-0.2, 0) is 20.8 Å². The van der Waals surface area contributed by atoms with Gasteiger partial charge in [0.1, 0.15) is 5.56 Å². The van der Waals surface area contributed by atoms with E-state index in [1.807, 2.05) is 13.8 Å². The maximum absolute atomic E-state index is 13.4. The summed E-state index contributed by atoms with van der Waals surface area (Å²) in [6.07, 6.45) is 3.59. The second-order valence-corrected chi connectivity index (χ2v) is 9.20. The molecule has 2 aliphatic rings. The third-order valence-electron chi connectivity index (χ3n) is 5.91. The molecule has 13 heteroatoms. The zero-order valence-electron chi connectivity index (χ0n) is 20.5. The van der Waals surface area contributed by atoms with E-state index < -0.39 is 29.0 Å². The molecule has 0 spiro atoms. The predicted octanol–water partition coefficient (Wildman–Crippen LogP) is 0.219. The standard InChI is InChI=1S/C23H30N6O7/c1-13(2)12-28-20-15(6-7-16(30)27-8-10-36-11-9-27)18(25-23(34)35-3)26-29(20)22(33)17(21(28)32)19(31)24-14-4-5-14/h6-7,13-14H,4-5,8-12H2,1-3H3,(H3,24,25,26,31,32,33,34)/p+1/b7-6+. The van der Waals surface area contributed by atoms with Crippen LogP contribution in [0.4, 0.5) is 10.6 Å². The van der Waals surface area contributed by atoms with Crippen molar-refractivity contribution in [1.82, 2.24) is 19.8 Å². The number of aromatic amines is 1. The lowest BCUT2D eigenvalue weighted by molar-refractivity contribution is -0.686. The molecule has 2 aromatic rings. The third kappa shape index (κ3) is 5.20. The highest BCUT2D eigenvalue weighted by Crippen LogP contribution is 2.24. The van der Waals surface area contributed by atoms with Crippen LogP contribution in [0.15, 0.2) is 10.9 Å². The van der Waals surface area contributed by atoms with Crippen LogP contribution in [0.2, 0.25) is 0 Å². The quantitative estimate of drug-likeness (QED) is 0.311. The first-order valence-electron chi connectivity index (χ1n) is 11.8. The molecular weight excluding hydrogens is 472 g/mol. The van der Waals surface area contributed by atoms with Gasteiger partial charge in [-0.05, 0) is 24.8 Å². The summed E-state index contributed by atoms with van der Waals surface area (Å²) < 4.78 is 12.5. The summed E-state index contributed by atoms with van der Waals surface area (Å²) >= 11 is 0. The molecule has 1 aliphatic heterocycles. The van der Waals surface area contributed by atoms with E-state index >= 15 is 0 Å². The first-order valence-corrected chi connectivity index (χ1v) is 11.8. The lowest BCUT2D eigenvalue weighted by atomic mass is 10.2. The van der Waals surface area contributed by atoms with Gasteiger partial charge in [-0.2, -0.15) is 4.57 Å². The first kappa shape index (κ1) is 25.2. The van der Waals surface area contributed by atoms with Crippen LogP contribution in [0.3, 0.4) is 0 Å². The van der Waals surface area contributed by atoms with Crippen molar-refractivity contribution in [1.29, 1.82) is 0 Å². The van der Waals surface area contributed by atoms with Gasteiger partial charge in [0.2, 0.25) is 11.5 Å². The number of nitrogens with zero attached hydrogens (tertiary/aromatic N) is 3. The Balaban J connectivity index is 1.89. The van der Waals surface area contributed by atoms with Crippen LogP contribution < -0.4 is 20.8 Å². The molecule has 0 atom stereocenters. The predicted molar refractivity (Wildman–Crippen MR) is 128 cm³/mol. The topological polar surface area (TPSA) is 158 Å². The summed E-state index contributed by atoms with van der Waals surface area (Å²) in [7, 11) is 1.19. The van der Waals surface area contributed by atoms with Crippen molar-refractivity contribution in [2.24, 2.45) is 5.92 Å².